The summed E-state index contributed by atoms with van der Waals surface area (Å²) in [6.07, 6.45) is 5.13. The fraction of sp³-hybridized carbons (Fsp3) is 0.167. The molecule has 0 unspecified atom stereocenters. The van der Waals surface area contributed by atoms with Crippen molar-refractivity contribution in [2.24, 2.45) is 4.99 Å². The minimum atomic E-state index is 0.720. The lowest BCUT2D eigenvalue weighted by Gasteiger charge is -1.89. The van der Waals surface area contributed by atoms with Crippen molar-refractivity contribution in [1.82, 2.24) is 9.97 Å². The highest BCUT2D eigenvalue weighted by Crippen LogP contribution is 2.07. The molecule has 0 saturated heterocycles. The topological polar surface area (TPSA) is 38.1 Å². The van der Waals surface area contributed by atoms with E-state index in [0.29, 0.717) is 0 Å². The van der Waals surface area contributed by atoms with Gasteiger partial charge in [0.1, 0.15) is 6.33 Å². The zero-order valence-electron chi connectivity index (χ0n) is 4.78. The van der Waals surface area contributed by atoms with Crippen LogP contribution in [-0.2, 0) is 6.54 Å². The molecule has 0 amide bonds. The number of hydrogen-bond donors (Lipinski definition) is 0. The van der Waals surface area contributed by atoms with E-state index >= 15 is 0 Å². The lowest BCUT2D eigenvalue weighted by Crippen LogP contribution is -1.88. The van der Waals surface area contributed by atoms with Crippen molar-refractivity contribution in [3.8, 4) is 0 Å². The highest BCUT2D eigenvalue weighted by atomic mass is 14.9. The van der Waals surface area contributed by atoms with E-state index in [4.69, 9.17) is 0 Å². The average molecular weight is 119 g/mol. The van der Waals surface area contributed by atoms with Crippen LogP contribution in [0.4, 0.5) is 0 Å². The van der Waals surface area contributed by atoms with E-state index in [2.05, 4.69) is 15.0 Å². The lowest BCUT2D eigenvalue weighted by atomic mass is 10.3. The molecule has 1 aliphatic rings. The van der Waals surface area contributed by atoms with Gasteiger partial charge < -0.3 is 0 Å². The van der Waals surface area contributed by atoms with Gasteiger partial charge in [0.05, 0.1) is 12.2 Å². The van der Waals surface area contributed by atoms with E-state index in [1.54, 1.807) is 18.7 Å². The van der Waals surface area contributed by atoms with E-state index < -0.39 is 0 Å². The van der Waals surface area contributed by atoms with Gasteiger partial charge in [0.15, 0.2) is 0 Å². The Morgan fingerprint density at radius 1 is 1.44 bits per heavy atom. The Labute approximate surface area is 52.5 Å². The van der Waals surface area contributed by atoms with Crippen LogP contribution in [0.5, 0.6) is 0 Å². The van der Waals surface area contributed by atoms with Gasteiger partial charge in [-0.15, -0.1) is 0 Å². The highest BCUT2D eigenvalue weighted by molar-refractivity contribution is 5.82. The number of nitrogens with zero attached hydrogens (tertiary/aromatic N) is 3. The molecule has 2 heterocycles. The van der Waals surface area contributed by atoms with Crippen LogP contribution in [0.3, 0.4) is 0 Å². The third kappa shape index (κ3) is 0.614. The largest absolute Gasteiger partial charge is 0.286 e. The Kier molecular flexibility index (Phi) is 0.828. The van der Waals surface area contributed by atoms with Gasteiger partial charge in [0.2, 0.25) is 0 Å². The number of fused-ring (bicyclic) bond motifs is 1. The summed E-state index contributed by atoms with van der Waals surface area (Å²) in [6.45, 7) is 0.720. The molecule has 0 N–H and O–H groups in total. The molecule has 0 atom stereocenters. The number of aliphatic imine (C=N–C) groups is 1. The normalized spacial score (nSPS) is 13.8. The maximum atomic E-state index is 4.02. The predicted octanol–water partition coefficient (Wildman–Crippen LogP) is 0.409. The van der Waals surface area contributed by atoms with Crippen molar-refractivity contribution in [3.05, 3.63) is 23.8 Å². The van der Waals surface area contributed by atoms with Crippen LogP contribution in [0.2, 0.25) is 0 Å². The summed E-state index contributed by atoms with van der Waals surface area (Å²) in [4.78, 5) is 11.9. The van der Waals surface area contributed by atoms with Crippen molar-refractivity contribution in [2.45, 2.75) is 6.54 Å². The Hall–Kier alpha value is -1.25. The van der Waals surface area contributed by atoms with Gasteiger partial charge in [-0.05, 0) is 0 Å². The molecule has 1 aliphatic heterocycles. The third-order valence-corrected chi connectivity index (χ3v) is 1.30. The fourth-order valence-electron chi connectivity index (χ4n) is 0.836. The van der Waals surface area contributed by atoms with Gasteiger partial charge in [-0.25, -0.2) is 9.97 Å². The molecule has 0 radical (unpaired) electrons. The molecule has 0 aliphatic carbocycles. The highest BCUT2D eigenvalue weighted by Gasteiger charge is 2.04. The van der Waals surface area contributed by atoms with E-state index in [0.717, 1.165) is 17.8 Å². The third-order valence-electron chi connectivity index (χ3n) is 1.30. The first kappa shape index (κ1) is 4.61. The van der Waals surface area contributed by atoms with Gasteiger partial charge >= 0.3 is 0 Å². The Morgan fingerprint density at radius 3 is 3.33 bits per heavy atom. The molecule has 3 heteroatoms. The number of rotatable bonds is 0. The minimum Gasteiger partial charge on any atom is -0.286 e. The van der Waals surface area contributed by atoms with Gasteiger partial charge in [0, 0.05) is 18.0 Å². The molecule has 0 spiro atoms. The first-order valence-electron chi connectivity index (χ1n) is 2.75. The van der Waals surface area contributed by atoms with Crippen LogP contribution in [0, 0.1) is 0 Å². The molecule has 3 nitrogen and oxygen atoms in total. The summed E-state index contributed by atoms with van der Waals surface area (Å²) >= 11 is 0. The van der Waals surface area contributed by atoms with E-state index in [9.17, 15) is 0 Å². The predicted molar refractivity (Wildman–Crippen MR) is 33.3 cm³/mol. The standard InChI is InChI=1S/C6H5N3/c1-5-2-8-4-9-6(5)3-7-1/h1-2,4H,3H2. The Bertz CT molecular complexity index is 254. The quantitative estimate of drug-likeness (QED) is 0.496. The number of hydrogen-bond acceptors (Lipinski definition) is 3. The summed E-state index contributed by atoms with van der Waals surface area (Å²) in [5, 5.41) is 0. The van der Waals surface area contributed by atoms with Crippen LogP contribution in [0.1, 0.15) is 11.3 Å². The van der Waals surface area contributed by atoms with Gasteiger partial charge in [0.25, 0.3) is 0 Å². The first-order valence-corrected chi connectivity index (χ1v) is 2.75. The monoisotopic (exact) mass is 119 g/mol. The maximum Gasteiger partial charge on any atom is 0.115 e. The van der Waals surface area contributed by atoms with Crippen LogP contribution in [0.25, 0.3) is 0 Å². The zero-order chi connectivity index (χ0) is 6.10. The fourth-order valence-corrected chi connectivity index (χ4v) is 0.836. The SMILES string of the molecule is C1=NCc2ncncc21. The van der Waals surface area contributed by atoms with Crippen LogP contribution < -0.4 is 0 Å². The summed E-state index contributed by atoms with van der Waals surface area (Å²) < 4.78 is 0. The van der Waals surface area contributed by atoms with Crippen molar-refractivity contribution in [1.29, 1.82) is 0 Å². The Morgan fingerprint density at radius 2 is 2.44 bits per heavy atom. The summed E-state index contributed by atoms with van der Waals surface area (Å²) in [5.41, 5.74) is 2.09. The first-order chi connectivity index (χ1) is 4.47. The second kappa shape index (κ2) is 1.62. The molecule has 1 aromatic heterocycles. The van der Waals surface area contributed by atoms with Crippen LogP contribution >= 0.6 is 0 Å². The van der Waals surface area contributed by atoms with Gasteiger partial charge in [-0.2, -0.15) is 0 Å². The molecule has 0 bridgehead atoms. The van der Waals surface area contributed by atoms with Crippen molar-refractivity contribution < 1.29 is 0 Å². The molecule has 0 aromatic carbocycles. The van der Waals surface area contributed by atoms with Crippen molar-refractivity contribution >= 4 is 6.21 Å². The second-order valence-corrected chi connectivity index (χ2v) is 1.89. The summed E-state index contributed by atoms with van der Waals surface area (Å²) in [7, 11) is 0. The van der Waals surface area contributed by atoms with E-state index in [1.807, 2.05) is 0 Å². The maximum absolute atomic E-state index is 4.02. The van der Waals surface area contributed by atoms with Gasteiger partial charge in [-0.1, -0.05) is 0 Å². The summed E-state index contributed by atoms with van der Waals surface area (Å²) in [5.74, 6) is 0. The molecular formula is C6H5N3. The average Bonchev–Trinajstić information content (AvgIpc) is 2.33. The molecule has 0 fully saturated rings. The van der Waals surface area contributed by atoms with Crippen molar-refractivity contribution in [3.63, 3.8) is 0 Å². The molecule has 0 saturated carbocycles. The minimum absolute atomic E-state index is 0.720. The van der Waals surface area contributed by atoms with E-state index in [1.165, 1.54) is 0 Å². The number of aromatic nitrogens is 2. The molecule has 2 rings (SSSR count). The smallest absolute Gasteiger partial charge is 0.115 e. The van der Waals surface area contributed by atoms with Crippen molar-refractivity contribution in [2.75, 3.05) is 0 Å². The Balaban J connectivity index is 2.63. The van der Waals surface area contributed by atoms with Crippen LogP contribution in [0.15, 0.2) is 17.5 Å². The summed E-state index contributed by atoms with van der Waals surface area (Å²) in [6, 6.07) is 0. The molecular weight excluding hydrogens is 114 g/mol. The second-order valence-electron chi connectivity index (χ2n) is 1.89. The lowest BCUT2D eigenvalue weighted by molar-refractivity contribution is 0.993. The molecule has 1 aromatic rings. The van der Waals surface area contributed by atoms with Crippen LogP contribution in [-0.4, -0.2) is 16.2 Å². The van der Waals surface area contributed by atoms with Gasteiger partial charge in [-0.3, -0.25) is 4.99 Å². The molecule has 44 valence electrons. The van der Waals surface area contributed by atoms with E-state index in [-0.39, 0.29) is 0 Å². The zero-order valence-corrected chi connectivity index (χ0v) is 4.78. The molecule has 9 heavy (non-hydrogen) atoms.